The van der Waals surface area contributed by atoms with Gasteiger partial charge in [0.1, 0.15) is 10.7 Å². The zero-order valence-electron chi connectivity index (χ0n) is 17.3. The predicted molar refractivity (Wildman–Crippen MR) is 123 cm³/mol. The molecule has 1 amide bonds. The Balaban J connectivity index is 1.09. The van der Waals surface area contributed by atoms with Gasteiger partial charge < -0.3 is 10.1 Å². The molecule has 2 aliphatic rings. The maximum Gasteiger partial charge on any atom is 0.270 e. The molecule has 1 N–H and O–H groups in total. The van der Waals surface area contributed by atoms with E-state index in [-0.39, 0.29) is 17.6 Å². The molecule has 5 heterocycles. The van der Waals surface area contributed by atoms with Crippen molar-refractivity contribution in [2.45, 2.75) is 43.9 Å². The molecule has 2 fully saturated rings. The molecule has 3 aromatic heterocycles. The number of carbonyl (C=O) groups excluding carboxylic acids is 1. The minimum absolute atomic E-state index is 0.0168. The van der Waals surface area contributed by atoms with Crippen LogP contribution in [0.2, 0.25) is 0 Å². The van der Waals surface area contributed by atoms with E-state index >= 15 is 0 Å². The van der Waals surface area contributed by atoms with Gasteiger partial charge in [-0.05, 0) is 54.8 Å². The predicted octanol–water partition coefficient (Wildman–Crippen LogP) is 4.21. The largest absolute Gasteiger partial charge is 0.370 e. The molecular formula is C23H26N4O2S2. The normalized spacial score (nSPS) is 20.8. The third-order valence-electron chi connectivity index (χ3n) is 6.22. The van der Waals surface area contributed by atoms with Gasteiger partial charge in [0.25, 0.3) is 5.91 Å². The highest BCUT2D eigenvalue weighted by Gasteiger charge is 2.42. The Hall–Kier alpha value is -2.13. The van der Waals surface area contributed by atoms with Crippen molar-refractivity contribution in [2.24, 2.45) is 0 Å². The number of rotatable bonds is 6. The van der Waals surface area contributed by atoms with Crippen LogP contribution >= 0.6 is 22.7 Å². The summed E-state index contributed by atoms with van der Waals surface area (Å²) in [6, 6.07) is 8.19. The average Bonchev–Trinajstić information content (AvgIpc) is 3.56. The number of nitrogens with one attached hydrogen (secondary N) is 1. The first-order valence-corrected chi connectivity index (χ1v) is 12.5. The first kappa shape index (κ1) is 20.8. The second-order valence-electron chi connectivity index (χ2n) is 8.32. The molecule has 0 radical (unpaired) electrons. The molecule has 3 aromatic rings. The quantitative estimate of drug-likeness (QED) is 0.604. The third-order valence-corrected chi connectivity index (χ3v) is 8.10. The fourth-order valence-corrected chi connectivity index (χ4v) is 6.07. The molecule has 2 saturated heterocycles. The number of aromatic nitrogens is 2. The molecule has 8 heteroatoms. The van der Waals surface area contributed by atoms with Gasteiger partial charge in [-0.15, -0.1) is 22.7 Å². The zero-order valence-corrected chi connectivity index (χ0v) is 19.0. The zero-order chi connectivity index (χ0) is 21.1. The molecular weight excluding hydrogens is 428 g/mol. The first-order valence-electron chi connectivity index (χ1n) is 10.8. The van der Waals surface area contributed by atoms with Gasteiger partial charge in [-0.25, -0.2) is 4.98 Å². The number of carbonyl (C=O) groups is 1. The number of piperidine rings is 1. The topological polar surface area (TPSA) is 67.4 Å². The maximum absolute atomic E-state index is 12.5. The summed E-state index contributed by atoms with van der Waals surface area (Å²) >= 11 is 3.15. The van der Waals surface area contributed by atoms with Crippen molar-refractivity contribution in [2.75, 3.05) is 19.6 Å². The highest BCUT2D eigenvalue weighted by Crippen LogP contribution is 2.39. The van der Waals surface area contributed by atoms with E-state index in [4.69, 9.17) is 4.74 Å². The standard InChI is InChI=1S/C23H26N4O2S2/c28-21(19-16-31-22(26-19)20-2-1-13-30-20)25-14-18-3-6-23(29-18)7-11-27(12-8-23)15-17-4-9-24-10-5-17/h1-2,4-5,9-10,13,16,18H,3,6-8,11-12,14-15H2,(H,25,28). The highest BCUT2D eigenvalue weighted by atomic mass is 32.1. The maximum atomic E-state index is 12.5. The van der Waals surface area contributed by atoms with Crippen LogP contribution in [0.3, 0.4) is 0 Å². The number of hydrogen-bond donors (Lipinski definition) is 1. The molecule has 0 bridgehead atoms. The first-order chi connectivity index (χ1) is 15.2. The van der Waals surface area contributed by atoms with Crippen molar-refractivity contribution in [3.63, 3.8) is 0 Å². The minimum Gasteiger partial charge on any atom is -0.370 e. The van der Waals surface area contributed by atoms with Crippen LogP contribution in [0.5, 0.6) is 0 Å². The molecule has 6 nitrogen and oxygen atoms in total. The highest BCUT2D eigenvalue weighted by molar-refractivity contribution is 7.20. The molecule has 1 spiro atoms. The van der Waals surface area contributed by atoms with Crippen LogP contribution in [-0.4, -0.2) is 52.1 Å². The number of thiazole rings is 1. The van der Waals surface area contributed by atoms with Crippen LogP contribution in [0.1, 0.15) is 41.7 Å². The fourth-order valence-electron chi connectivity index (χ4n) is 4.46. The van der Waals surface area contributed by atoms with Gasteiger partial charge in [-0.1, -0.05) is 6.07 Å². The number of ether oxygens (including phenoxy) is 1. The molecule has 5 rings (SSSR count). The number of likely N-dealkylation sites (tertiary alicyclic amines) is 1. The van der Waals surface area contributed by atoms with Gasteiger partial charge in [-0.2, -0.15) is 0 Å². The molecule has 31 heavy (non-hydrogen) atoms. The summed E-state index contributed by atoms with van der Waals surface area (Å²) in [7, 11) is 0. The lowest BCUT2D eigenvalue weighted by atomic mass is 9.88. The van der Waals surface area contributed by atoms with E-state index in [9.17, 15) is 4.79 Å². The van der Waals surface area contributed by atoms with E-state index in [1.54, 1.807) is 11.3 Å². The van der Waals surface area contributed by atoms with Crippen LogP contribution in [-0.2, 0) is 11.3 Å². The van der Waals surface area contributed by atoms with Crippen molar-refractivity contribution >= 4 is 28.6 Å². The molecule has 0 aromatic carbocycles. The summed E-state index contributed by atoms with van der Waals surface area (Å²) in [4.78, 5) is 24.7. The monoisotopic (exact) mass is 454 g/mol. The molecule has 0 saturated carbocycles. The second-order valence-corrected chi connectivity index (χ2v) is 10.1. The summed E-state index contributed by atoms with van der Waals surface area (Å²) in [6.45, 7) is 3.61. The van der Waals surface area contributed by atoms with E-state index < -0.39 is 0 Å². The number of hydrogen-bond acceptors (Lipinski definition) is 7. The van der Waals surface area contributed by atoms with Crippen molar-refractivity contribution in [1.82, 2.24) is 20.2 Å². The van der Waals surface area contributed by atoms with Gasteiger partial charge in [0.2, 0.25) is 0 Å². The van der Waals surface area contributed by atoms with Gasteiger partial charge in [-0.3, -0.25) is 14.7 Å². The smallest absolute Gasteiger partial charge is 0.270 e. The number of pyridine rings is 1. The third kappa shape index (κ3) is 4.87. The van der Waals surface area contributed by atoms with Crippen molar-refractivity contribution in [3.05, 3.63) is 58.7 Å². The van der Waals surface area contributed by atoms with Crippen LogP contribution in [0.4, 0.5) is 0 Å². The number of amides is 1. The fraction of sp³-hybridized carbons (Fsp3) is 0.435. The lowest BCUT2D eigenvalue weighted by Gasteiger charge is -2.39. The molecule has 0 aliphatic carbocycles. The Morgan fingerprint density at radius 1 is 1.19 bits per heavy atom. The Morgan fingerprint density at radius 3 is 2.81 bits per heavy atom. The number of nitrogens with zero attached hydrogens (tertiary/aromatic N) is 3. The number of thiophene rings is 1. The Labute approximate surface area is 190 Å². The van der Waals surface area contributed by atoms with Gasteiger partial charge in [0, 0.05) is 44.0 Å². The van der Waals surface area contributed by atoms with Crippen molar-refractivity contribution < 1.29 is 9.53 Å². The van der Waals surface area contributed by atoms with Crippen LogP contribution < -0.4 is 5.32 Å². The Bertz CT molecular complexity index is 998. The van der Waals surface area contributed by atoms with E-state index in [0.717, 1.165) is 55.2 Å². The molecule has 1 unspecified atom stereocenters. The molecule has 1 atom stereocenters. The SMILES string of the molecule is O=C(NCC1CCC2(CCN(Cc3ccncc3)CC2)O1)c1csc(-c2cccs2)n1. The lowest BCUT2D eigenvalue weighted by molar-refractivity contribution is -0.0764. The average molecular weight is 455 g/mol. The Morgan fingerprint density at radius 2 is 2.03 bits per heavy atom. The summed E-state index contributed by atoms with van der Waals surface area (Å²) in [5.41, 5.74) is 1.78. The van der Waals surface area contributed by atoms with Gasteiger partial charge in [0.15, 0.2) is 0 Å². The van der Waals surface area contributed by atoms with Crippen LogP contribution in [0.15, 0.2) is 47.4 Å². The summed E-state index contributed by atoms with van der Waals surface area (Å²) < 4.78 is 6.47. The molecule has 2 aliphatic heterocycles. The van der Waals surface area contributed by atoms with E-state index in [1.807, 2.05) is 35.3 Å². The van der Waals surface area contributed by atoms with E-state index in [0.29, 0.717) is 12.2 Å². The Kier molecular flexibility index (Phi) is 6.13. The minimum atomic E-state index is -0.115. The summed E-state index contributed by atoms with van der Waals surface area (Å²) in [6.07, 6.45) is 7.99. The van der Waals surface area contributed by atoms with E-state index in [2.05, 4.69) is 32.3 Å². The summed E-state index contributed by atoms with van der Waals surface area (Å²) in [5.74, 6) is -0.115. The summed E-state index contributed by atoms with van der Waals surface area (Å²) in [5, 5.41) is 7.78. The van der Waals surface area contributed by atoms with E-state index in [1.165, 1.54) is 16.9 Å². The molecule has 162 valence electrons. The van der Waals surface area contributed by atoms with Crippen LogP contribution in [0, 0.1) is 0 Å². The van der Waals surface area contributed by atoms with Crippen molar-refractivity contribution in [3.8, 4) is 9.88 Å². The van der Waals surface area contributed by atoms with Gasteiger partial charge >= 0.3 is 0 Å². The lowest BCUT2D eigenvalue weighted by Crippen LogP contribution is -2.44. The van der Waals surface area contributed by atoms with Gasteiger partial charge in [0.05, 0.1) is 16.6 Å². The van der Waals surface area contributed by atoms with Crippen LogP contribution in [0.25, 0.3) is 9.88 Å². The second kappa shape index (κ2) is 9.16. The van der Waals surface area contributed by atoms with Crippen molar-refractivity contribution in [1.29, 1.82) is 0 Å².